The smallest absolute Gasteiger partial charge is 0.243 e. The standard InChI is InChI=1S/C17H28N4O4/c1-11-15(24)20-12(9-19-11)16(25)18-7-2-3-14(23)21-8-6-17(4-5-17)13(22)10-21/h11-13,19,22H,2-10H2,1H3,(H,18,25)(H,20,24)/t11?,12?,13-/m1/s1. The monoisotopic (exact) mass is 352 g/mol. The van der Waals surface area contributed by atoms with Gasteiger partial charge in [0.25, 0.3) is 0 Å². The Hall–Kier alpha value is -1.67. The first kappa shape index (κ1) is 18.1. The molecule has 1 aliphatic carbocycles. The molecule has 2 aliphatic heterocycles. The van der Waals surface area contributed by atoms with E-state index in [0.29, 0.717) is 32.5 Å². The van der Waals surface area contributed by atoms with Crippen LogP contribution in [0.1, 0.15) is 39.0 Å². The number of piperazine rings is 1. The summed E-state index contributed by atoms with van der Waals surface area (Å²) < 4.78 is 0. The van der Waals surface area contributed by atoms with Crippen molar-refractivity contribution in [3.8, 4) is 0 Å². The molecule has 0 aromatic heterocycles. The summed E-state index contributed by atoms with van der Waals surface area (Å²) in [4.78, 5) is 37.6. The molecular formula is C17H28N4O4. The summed E-state index contributed by atoms with van der Waals surface area (Å²) in [5.74, 6) is -0.381. The summed E-state index contributed by atoms with van der Waals surface area (Å²) in [6.07, 6.45) is 3.55. The second-order valence-corrected chi connectivity index (χ2v) is 7.55. The maximum atomic E-state index is 12.2. The predicted octanol–water partition coefficient (Wildman–Crippen LogP) is -1.27. The van der Waals surface area contributed by atoms with Gasteiger partial charge in [0.2, 0.25) is 17.7 Å². The highest BCUT2D eigenvalue weighted by atomic mass is 16.3. The predicted molar refractivity (Wildman–Crippen MR) is 90.5 cm³/mol. The van der Waals surface area contributed by atoms with E-state index < -0.39 is 12.1 Å². The second kappa shape index (κ2) is 7.29. The van der Waals surface area contributed by atoms with Gasteiger partial charge in [0.15, 0.2) is 0 Å². The number of piperidine rings is 1. The summed E-state index contributed by atoms with van der Waals surface area (Å²) in [5.41, 5.74) is 0.0979. The normalized spacial score (nSPS) is 30.7. The number of amides is 3. The average molecular weight is 352 g/mol. The van der Waals surface area contributed by atoms with Crippen LogP contribution in [-0.4, -0.2) is 72.1 Å². The number of carbonyl (C=O) groups is 3. The number of carbonyl (C=O) groups excluding carboxylic acids is 3. The van der Waals surface area contributed by atoms with E-state index in [-0.39, 0.29) is 29.2 Å². The summed E-state index contributed by atoms with van der Waals surface area (Å²) in [6.45, 7) is 3.71. The number of hydrogen-bond donors (Lipinski definition) is 4. The lowest BCUT2D eigenvalue weighted by molar-refractivity contribution is -0.136. The van der Waals surface area contributed by atoms with Gasteiger partial charge < -0.3 is 26.0 Å². The van der Waals surface area contributed by atoms with Crippen molar-refractivity contribution in [2.24, 2.45) is 5.41 Å². The fourth-order valence-electron chi connectivity index (χ4n) is 3.61. The van der Waals surface area contributed by atoms with Crippen molar-refractivity contribution in [3.63, 3.8) is 0 Å². The van der Waals surface area contributed by atoms with Crippen LogP contribution in [0.25, 0.3) is 0 Å². The summed E-state index contributed by atoms with van der Waals surface area (Å²) in [7, 11) is 0. The van der Waals surface area contributed by atoms with E-state index in [1.807, 2.05) is 0 Å². The van der Waals surface area contributed by atoms with E-state index in [1.54, 1.807) is 11.8 Å². The van der Waals surface area contributed by atoms with Crippen LogP contribution in [-0.2, 0) is 14.4 Å². The topological polar surface area (TPSA) is 111 Å². The van der Waals surface area contributed by atoms with Gasteiger partial charge in [0, 0.05) is 32.6 Å². The van der Waals surface area contributed by atoms with Crippen LogP contribution < -0.4 is 16.0 Å². The molecule has 25 heavy (non-hydrogen) atoms. The van der Waals surface area contributed by atoms with E-state index in [4.69, 9.17) is 0 Å². The maximum absolute atomic E-state index is 12.2. The third-order valence-electron chi connectivity index (χ3n) is 5.75. The molecule has 3 fully saturated rings. The molecule has 1 spiro atoms. The zero-order valence-electron chi connectivity index (χ0n) is 14.7. The minimum Gasteiger partial charge on any atom is -0.391 e. The molecule has 0 radical (unpaired) electrons. The molecule has 2 heterocycles. The van der Waals surface area contributed by atoms with Crippen molar-refractivity contribution in [1.82, 2.24) is 20.9 Å². The molecule has 4 N–H and O–H groups in total. The molecule has 3 atom stereocenters. The van der Waals surface area contributed by atoms with Crippen LogP contribution in [0.4, 0.5) is 0 Å². The van der Waals surface area contributed by atoms with E-state index >= 15 is 0 Å². The largest absolute Gasteiger partial charge is 0.391 e. The van der Waals surface area contributed by atoms with Crippen molar-refractivity contribution in [2.45, 2.75) is 57.2 Å². The zero-order valence-corrected chi connectivity index (χ0v) is 14.7. The lowest BCUT2D eigenvalue weighted by atomic mass is 9.90. The third kappa shape index (κ3) is 4.12. The van der Waals surface area contributed by atoms with Crippen LogP contribution >= 0.6 is 0 Å². The summed E-state index contributed by atoms with van der Waals surface area (Å²) in [6, 6.07) is -0.845. The number of rotatable bonds is 5. The van der Waals surface area contributed by atoms with Gasteiger partial charge in [0.05, 0.1) is 12.1 Å². The van der Waals surface area contributed by atoms with E-state index in [1.165, 1.54) is 0 Å². The molecule has 3 aliphatic rings. The fraction of sp³-hybridized carbons (Fsp3) is 0.824. The van der Waals surface area contributed by atoms with Gasteiger partial charge in [-0.1, -0.05) is 0 Å². The van der Waals surface area contributed by atoms with Gasteiger partial charge in [-0.05, 0) is 38.0 Å². The van der Waals surface area contributed by atoms with Crippen molar-refractivity contribution in [1.29, 1.82) is 0 Å². The first-order valence-electron chi connectivity index (χ1n) is 9.19. The molecule has 0 aromatic carbocycles. The number of likely N-dealkylation sites (tertiary alicyclic amines) is 1. The Morgan fingerprint density at radius 3 is 2.76 bits per heavy atom. The Kier molecular flexibility index (Phi) is 5.29. The highest BCUT2D eigenvalue weighted by Gasteiger charge is 2.51. The van der Waals surface area contributed by atoms with Gasteiger partial charge >= 0.3 is 0 Å². The Labute approximate surface area is 147 Å². The molecule has 3 amide bonds. The number of β-amino-alcohol motifs (C(OH)–C–C–N with tert-alkyl or cyclic N) is 1. The Bertz CT molecular complexity index is 549. The first-order chi connectivity index (χ1) is 11.9. The molecule has 2 saturated heterocycles. The molecule has 8 nitrogen and oxygen atoms in total. The Balaban J connectivity index is 1.32. The minimum absolute atomic E-state index is 0.0326. The molecule has 3 rings (SSSR count). The molecule has 1 saturated carbocycles. The number of aliphatic hydroxyl groups excluding tert-OH is 1. The molecule has 0 bridgehead atoms. The third-order valence-corrected chi connectivity index (χ3v) is 5.75. The Morgan fingerprint density at radius 1 is 1.36 bits per heavy atom. The van der Waals surface area contributed by atoms with Gasteiger partial charge in [-0.15, -0.1) is 0 Å². The molecule has 8 heteroatoms. The number of aliphatic hydroxyl groups is 1. The van der Waals surface area contributed by atoms with Crippen LogP contribution in [0.15, 0.2) is 0 Å². The highest BCUT2D eigenvalue weighted by Crippen LogP contribution is 2.53. The van der Waals surface area contributed by atoms with Gasteiger partial charge in [-0.3, -0.25) is 14.4 Å². The molecule has 0 aromatic rings. The molecule has 2 unspecified atom stereocenters. The van der Waals surface area contributed by atoms with Crippen LogP contribution in [0.3, 0.4) is 0 Å². The van der Waals surface area contributed by atoms with Crippen LogP contribution in [0.5, 0.6) is 0 Å². The minimum atomic E-state index is -0.564. The highest BCUT2D eigenvalue weighted by molar-refractivity contribution is 5.91. The number of nitrogens with zero attached hydrogens (tertiary/aromatic N) is 1. The van der Waals surface area contributed by atoms with Gasteiger partial charge in [-0.25, -0.2) is 0 Å². The van der Waals surface area contributed by atoms with E-state index in [0.717, 1.165) is 25.8 Å². The van der Waals surface area contributed by atoms with Crippen molar-refractivity contribution in [2.75, 3.05) is 26.2 Å². The van der Waals surface area contributed by atoms with Crippen LogP contribution in [0.2, 0.25) is 0 Å². The summed E-state index contributed by atoms with van der Waals surface area (Å²) in [5, 5.41) is 18.6. The van der Waals surface area contributed by atoms with Crippen molar-refractivity contribution < 1.29 is 19.5 Å². The second-order valence-electron chi connectivity index (χ2n) is 7.55. The van der Waals surface area contributed by atoms with Crippen molar-refractivity contribution in [3.05, 3.63) is 0 Å². The van der Waals surface area contributed by atoms with Gasteiger partial charge in [0.1, 0.15) is 6.04 Å². The first-order valence-corrected chi connectivity index (χ1v) is 9.19. The fourth-order valence-corrected chi connectivity index (χ4v) is 3.61. The maximum Gasteiger partial charge on any atom is 0.243 e. The van der Waals surface area contributed by atoms with Crippen LogP contribution in [0, 0.1) is 5.41 Å². The number of hydrogen-bond acceptors (Lipinski definition) is 5. The van der Waals surface area contributed by atoms with E-state index in [9.17, 15) is 19.5 Å². The molecular weight excluding hydrogens is 324 g/mol. The Morgan fingerprint density at radius 2 is 2.12 bits per heavy atom. The quantitative estimate of drug-likeness (QED) is 0.461. The summed E-state index contributed by atoms with van der Waals surface area (Å²) >= 11 is 0. The zero-order chi connectivity index (χ0) is 18.0. The molecule has 140 valence electrons. The average Bonchev–Trinajstić information content (AvgIpc) is 3.37. The SMILES string of the molecule is CC1NCC(C(=O)NCCCC(=O)N2CCC3(CC3)[C@H](O)C2)NC1=O. The van der Waals surface area contributed by atoms with Crippen molar-refractivity contribution >= 4 is 17.7 Å². The number of nitrogens with one attached hydrogen (secondary N) is 3. The lowest BCUT2D eigenvalue weighted by Gasteiger charge is -2.36. The van der Waals surface area contributed by atoms with E-state index in [2.05, 4.69) is 16.0 Å². The lowest BCUT2D eigenvalue weighted by Crippen LogP contribution is -2.61. The van der Waals surface area contributed by atoms with Gasteiger partial charge in [-0.2, -0.15) is 0 Å².